The van der Waals surface area contributed by atoms with Gasteiger partial charge in [0.1, 0.15) is 6.07 Å². The van der Waals surface area contributed by atoms with Crippen molar-refractivity contribution >= 4 is 45.9 Å². The monoisotopic (exact) mass is 460 g/mol. The molecule has 1 aromatic heterocycles. The zero-order chi connectivity index (χ0) is 22.7. The van der Waals surface area contributed by atoms with Crippen molar-refractivity contribution in [3.63, 3.8) is 0 Å². The highest BCUT2D eigenvalue weighted by Crippen LogP contribution is 2.27. The first-order valence-corrected chi connectivity index (χ1v) is 11.0. The number of para-hydroxylation sites is 2. The Morgan fingerprint density at radius 1 is 1.12 bits per heavy atom. The second kappa shape index (κ2) is 9.27. The summed E-state index contributed by atoms with van der Waals surface area (Å²) in [6.45, 7) is 1.72. The van der Waals surface area contributed by atoms with Gasteiger partial charge in [-0.2, -0.15) is 5.26 Å². The van der Waals surface area contributed by atoms with Crippen molar-refractivity contribution in [3.8, 4) is 11.8 Å². The lowest BCUT2D eigenvalue weighted by Crippen LogP contribution is -2.26. The maximum absolute atomic E-state index is 13.3. The highest BCUT2D eigenvalue weighted by molar-refractivity contribution is 8.00. The highest BCUT2D eigenvalue weighted by atomic mass is 35.5. The first-order chi connectivity index (χ1) is 15.5. The van der Waals surface area contributed by atoms with Gasteiger partial charge in [-0.1, -0.05) is 53.7 Å². The van der Waals surface area contributed by atoms with Crippen LogP contribution in [0.2, 0.25) is 5.02 Å². The third kappa shape index (κ3) is 4.37. The van der Waals surface area contributed by atoms with Crippen molar-refractivity contribution in [2.24, 2.45) is 0 Å². The van der Waals surface area contributed by atoms with E-state index in [2.05, 4.69) is 16.4 Å². The van der Waals surface area contributed by atoms with E-state index in [9.17, 15) is 14.9 Å². The molecule has 0 saturated heterocycles. The van der Waals surface area contributed by atoms with Crippen LogP contribution in [-0.2, 0) is 4.79 Å². The molecule has 3 aromatic carbocycles. The number of hydrogen-bond donors (Lipinski definition) is 1. The molecule has 0 aliphatic rings. The topological polar surface area (TPSA) is 87.8 Å². The molecular weight excluding hydrogens is 444 g/mol. The fourth-order valence-corrected chi connectivity index (χ4v) is 4.28. The molecule has 4 aromatic rings. The molecule has 0 saturated carbocycles. The second-order valence-electron chi connectivity index (χ2n) is 6.94. The number of nitriles is 1. The molecule has 1 amide bonds. The Balaban J connectivity index is 1.73. The van der Waals surface area contributed by atoms with Crippen LogP contribution in [-0.4, -0.2) is 20.7 Å². The predicted molar refractivity (Wildman–Crippen MR) is 127 cm³/mol. The Morgan fingerprint density at radius 2 is 1.88 bits per heavy atom. The molecule has 0 radical (unpaired) electrons. The van der Waals surface area contributed by atoms with E-state index >= 15 is 0 Å². The molecule has 158 valence electrons. The standard InChI is InChI=1S/C24H17ClN4O2S/c1-15(22(30)27-20-11-4-2-7-16(20)14-26)32-24-28-21-12-5-3-10-19(21)23(31)29(24)18-9-6-8-17(25)13-18/h2-13,15H,1H3,(H,27,30). The van der Waals surface area contributed by atoms with Crippen molar-refractivity contribution in [2.75, 3.05) is 5.32 Å². The average Bonchev–Trinajstić information content (AvgIpc) is 2.79. The number of thioether (sulfide) groups is 1. The molecule has 0 spiro atoms. The molecular formula is C24H17ClN4O2S. The molecule has 1 heterocycles. The molecule has 0 bridgehead atoms. The number of aromatic nitrogens is 2. The van der Waals surface area contributed by atoms with Crippen LogP contribution >= 0.6 is 23.4 Å². The van der Waals surface area contributed by atoms with Gasteiger partial charge in [0, 0.05) is 5.02 Å². The Kier molecular flexibility index (Phi) is 6.26. The molecule has 0 aliphatic carbocycles. The van der Waals surface area contributed by atoms with Crippen LogP contribution in [0.1, 0.15) is 12.5 Å². The minimum atomic E-state index is -0.597. The van der Waals surface area contributed by atoms with Gasteiger partial charge < -0.3 is 5.32 Å². The zero-order valence-electron chi connectivity index (χ0n) is 16.9. The number of nitrogens with one attached hydrogen (secondary N) is 1. The third-order valence-corrected chi connectivity index (χ3v) is 6.06. The molecule has 32 heavy (non-hydrogen) atoms. The van der Waals surface area contributed by atoms with Gasteiger partial charge in [-0.15, -0.1) is 0 Å². The maximum Gasteiger partial charge on any atom is 0.266 e. The fourth-order valence-electron chi connectivity index (χ4n) is 3.17. The summed E-state index contributed by atoms with van der Waals surface area (Å²) >= 11 is 7.31. The summed E-state index contributed by atoms with van der Waals surface area (Å²) in [5.74, 6) is -0.308. The molecule has 4 rings (SSSR count). The quantitative estimate of drug-likeness (QED) is 0.333. The maximum atomic E-state index is 13.3. The van der Waals surface area contributed by atoms with Gasteiger partial charge in [0.15, 0.2) is 5.16 Å². The van der Waals surface area contributed by atoms with Gasteiger partial charge in [-0.05, 0) is 49.4 Å². The number of nitrogens with zero attached hydrogens (tertiary/aromatic N) is 3. The van der Waals surface area contributed by atoms with Gasteiger partial charge in [0.05, 0.1) is 33.1 Å². The van der Waals surface area contributed by atoms with E-state index in [1.165, 1.54) is 4.57 Å². The number of carbonyl (C=O) groups is 1. The zero-order valence-corrected chi connectivity index (χ0v) is 18.5. The van der Waals surface area contributed by atoms with Crippen LogP contribution in [0.5, 0.6) is 0 Å². The largest absolute Gasteiger partial charge is 0.324 e. The molecule has 1 N–H and O–H groups in total. The predicted octanol–water partition coefficient (Wildman–Crippen LogP) is 5.03. The number of fused-ring (bicyclic) bond motifs is 1. The van der Waals surface area contributed by atoms with Gasteiger partial charge in [-0.3, -0.25) is 14.2 Å². The number of benzene rings is 3. The van der Waals surface area contributed by atoms with Crippen molar-refractivity contribution in [2.45, 2.75) is 17.3 Å². The van der Waals surface area contributed by atoms with Gasteiger partial charge >= 0.3 is 0 Å². The van der Waals surface area contributed by atoms with E-state index in [1.54, 1.807) is 73.7 Å². The first-order valence-electron chi connectivity index (χ1n) is 9.72. The lowest BCUT2D eigenvalue weighted by atomic mass is 10.2. The minimum Gasteiger partial charge on any atom is -0.324 e. The number of halogens is 1. The molecule has 0 aliphatic heterocycles. The Hall–Kier alpha value is -3.60. The van der Waals surface area contributed by atoms with E-state index < -0.39 is 5.25 Å². The van der Waals surface area contributed by atoms with E-state index in [-0.39, 0.29) is 11.5 Å². The summed E-state index contributed by atoms with van der Waals surface area (Å²) < 4.78 is 1.46. The van der Waals surface area contributed by atoms with Gasteiger partial charge in [-0.25, -0.2) is 4.98 Å². The molecule has 8 heteroatoms. The normalized spacial score (nSPS) is 11.7. The first kappa shape index (κ1) is 21.6. The molecule has 1 atom stereocenters. The molecule has 6 nitrogen and oxygen atoms in total. The third-order valence-electron chi connectivity index (χ3n) is 4.77. The number of rotatable bonds is 5. The smallest absolute Gasteiger partial charge is 0.266 e. The van der Waals surface area contributed by atoms with Crippen molar-refractivity contribution < 1.29 is 4.79 Å². The lowest BCUT2D eigenvalue weighted by Gasteiger charge is -2.17. The van der Waals surface area contributed by atoms with Crippen LogP contribution in [0.15, 0.2) is 82.7 Å². The van der Waals surface area contributed by atoms with E-state index in [1.807, 2.05) is 6.07 Å². The summed E-state index contributed by atoms with van der Waals surface area (Å²) in [6, 6.07) is 22.8. The Morgan fingerprint density at radius 3 is 2.66 bits per heavy atom. The number of anilines is 1. The van der Waals surface area contributed by atoms with E-state index in [0.29, 0.717) is 38.0 Å². The summed E-state index contributed by atoms with van der Waals surface area (Å²) in [5, 5.41) is 12.8. The van der Waals surface area contributed by atoms with Gasteiger partial charge in [0.2, 0.25) is 5.91 Å². The Labute approximate surface area is 193 Å². The van der Waals surface area contributed by atoms with Crippen LogP contribution in [0, 0.1) is 11.3 Å². The van der Waals surface area contributed by atoms with Crippen LogP contribution in [0.3, 0.4) is 0 Å². The summed E-state index contributed by atoms with van der Waals surface area (Å²) in [5.41, 5.74) is 1.66. The van der Waals surface area contributed by atoms with Crippen molar-refractivity contribution in [1.29, 1.82) is 5.26 Å². The second-order valence-corrected chi connectivity index (χ2v) is 8.68. The Bertz CT molecular complexity index is 1430. The molecule has 1 unspecified atom stereocenters. The van der Waals surface area contributed by atoms with Crippen LogP contribution < -0.4 is 10.9 Å². The van der Waals surface area contributed by atoms with E-state index in [4.69, 9.17) is 11.6 Å². The number of carbonyl (C=O) groups excluding carboxylic acids is 1. The number of hydrogen-bond acceptors (Lipinski definition) is 5. The fraction of sp³-hybridized carbons (Fsp3) is 0.0833. The summed E-state index contributed by atoms with van der Waals surface area (Å²) in [4.78, 5) is 30.8. The van der Waals surface area contributed by atoms with Crippen molar-refractivity contribution in [3.05, 3.63) is 93.7 Å². The average molecular weight is 461 g/mol. The lowest BCUT2D eigenvalue weighted by molar-refractivity contribution is -0.115. The molecule has 0 fully saturated rings. The van der Waals surface area contributed by atoms with Crippen molar-refractivity contribution in [1.82, 2.24) is 9.55 Å². The SMILES string of the molecule is CC(Sc1nc2ccccc2c(=O)n1-c1cccc(Cl)c1)C(=O)Nc1ccccc1C#N. The number of amides is 1. The summed E-state index contributed by atoms with van der Waals surface area (Å²) in [6.07, 6.45) is 0. The highest BCUT2D eigenvalue weighted by Gasteiger charge is 2.21. The van der Waals surface area contributed by atoms with Gasteiger partial charge in [0.25, 0.3) is 5.56 Å². The minimum absolute atomic E-state index is 0.247. The summed E-state index contributed by atoms with van der Waals surface area (Å²) in [7, 11) is 0. The van der Waals surface area contributed by atoms with E-state index in [0.717, 1.165) is 11.8 Å². The van der Waals surface area contributed by atoms with Crippen LogP contribution in [0.25, 0.3) is 16.6 Å². The van der Waals surface area contributed by atoms with Crippen LogP contribution in [0.4, 0.5) is 5.69 Å².